The predicted octanol–water partition coefficient (Wildman–Crippen LogP) is 0.720. The zero-order valence-electron chi connectivity index (χ0n) is 4.78. The summed E-state index contributed by atoms with van der Waals surface area (Å²) in [4.78, 5) is 0. The van der Waals surface area contributed by atoms with Crippen molar-refractivity contribution in [3.63, 3.8) is 0 Å². The van der Waals surface area contributed by atoms with E-state index in [4.69, 9.17) is 6.58 Å². The normalized spacial score (nSPS) is 7.56. The second kappa shape index (κ2) is 4.77. The van der Waals surface area contributed by atoms with E-state index < -0.39 is 0 Å². The van der Waals surface area contributed by atoms with Crippen LogP contribution in [-0.4, -0.2) is 10.2 Å². The van der Waals surface area contributed by atoms with E-state index in [2.05, 4.69) is 16.3 Å². The van der Waals surface area contributed by atoms with Crippen LogP contribution in [0.5, 0.6) is 0 Å². The molecule has 0 fully saturated rings. The van der Waals surface area contributed by atoms with Crippen molar-refractivity contribution in [2.75, 3.05) is 0 Å². The van der Waals surface area contributed by atoms with Crippen LogP contribution in [0.15, 0.2) is 12.3 Å². The summed E-state index contributed by atoms with van der Waals surface area (Å²) in [5.74, 6) is 0. The third-order valence-corrected chi connectivity index (χ3v) is 0.696. The summed E-state index contributed by atoms with van der Waals surface area (Å²) in [5.41, 5.74) is 0.576. The van der Waals surface area contributed by atoms with E-state index in [1.165, 1.54) is 6.08 Å². The molecule has 0 aliphatic rings. The van der Waals surface area contributed by atoms with Crippen molar-refractivity contribution in [1.82, 2.24) is 10.2 Å². The molecule has 0 saturated heterocycles. The Balaban J connectivity index is 0.000000640. The minimum absolute atomic E-state index is 0. The van der Waals surface area contributed by atoms with Gasteiger partial charge in [-0.25, -0.2) is 5.10 Å². The molecule has 0 saturated carbocycles. The molecule has 0 unspecified atom stereocenters. The van der Waals surface area contributed by atoms with Crippen LogP contribution >= 0.6 is 0 Å². The molecule has 2 nitrogen and oxygen atoms in total. The Kier molecular flexibility index (Phi) is 4.73. The molecule has 0 aliphatic carbocycles. The summed E-state index contributed by atoms with van der Waals surface area (Å²) < 4.78 is 0. The van der Waals surface area contributed by atoms with Gasteiger partial charge in [-0.15, -0.1) is 0 Å². The van der Waals surface area contributed by atoms with E-state index in [1.807, 2.05) is 0 Å². The van der Waals surface area contributed by atoms with Gasteiger partial charge in [-0.3, -0.25) is 11.2 Å². The Labute approximate surface area is 79.3 Å². The molecule has 1 rings (SSSR count). The Hall–Kier alpha value is -0.0761. The van der Waals surface area contributed by atoms with Crippen LogP contribution in [0.2, 0.25) is 0 Å². The molecule has 0 spiro atoms. The van der Waals surface area contributed by atoms with Crippen LogP contribution in [0.3, 0.4) is 0 Å². The van der Waals surface area contributed by atoms with Gasteiger partial charge in [0.2, 0.25) is 0 Å². The van der Waals surface area contributed by atoms with Gasteiger partial charge in [0.15, 0.2) is 0 Å². The van der Waals surface area contributed by atoms with Gasteiger partial charge in [0, 0.05) is 32.7 Å². The zero-order chi connectivity index (χ0) is 5.82. The molecule has 0 aromatic carbocycles. The van der Waals surface area contributed by atoms with Crippen molar-refractivity contribution in [2.45, 2.75) is 0 Å². The number of hydrogen-bond acceptors (Lipinski definition) is 2. The summed E-state index contributed by atoms with van der Waals surface area (Å²) in [6.07, 6.45) is 2.90. The van der Waals surface area contributed by atoms with Crippen LogP contribution in [0.4, 0.5) is 0 Å². The van der Waals surface area contributed by atoms with Gasteiger partial charge in [-0.05, 0) is 0 Å². The largest absolute Gasteiger partial charge is 0.359 e. The molecule has 3 heteroatoms. The van der Waals surface area contributed by atoms with Crippen molar-refractivity contribution in [1.29, 1.82) is 0 Å². The van der Waals surface area contributed by atoms with E-state index >= 15 is 0 Å². The molecule has 43 valence electrons. The molecule has 9 heavy (non-hydrogen) atoms. The number of hydrogen-bond donors (Lipinski definition) is 0. The van der Waals surface area contributed by atoms with Gasteiger partial charge in [-0.1, -0.05) is 6.20 Å². The Morgan fingerprint density at radius 3 is 2.78 bits per heavy atom. The third kappa shape index (κ3) is 2.82. The zero-order valence-corrected chi connectivity index (χ0v) is 7.62. The molecule has 0 aliphatic heterocycles. The second-order valence-corrected chi connectivity index (χ2v) is 1.23. The Morgan fingerprint density at radius 1 is 1.67 bits per heavy atom. The van der Waals surface area contributed by atoms with Crippen molar-refractivity contribution < 1.29 is 32.7 Å². The first-order valence-corrected chi connectivity index (χ1v) is 2.18. The van der Waals surface area contributed by atoms with Crippen LogP contribution in [0.1, 0.15) is 5.69 Å². The molecule has 0 N–H and O–H groups in total. The van der Waals surface area contributed by atoms with Crippen LogP contribution in [0, 0.1) is 12.6 Å². The van der Waals surface area contributed by atoms with Crippen LogP contribution in [-0.2, 0) is 32.7 Å². The number of nitrogens with zero attached hydrogens (tertiary/aromatic N) is 2. The fourth-order valence-corrected chi connectivity index (χ4v) is 0.362. The second-order valence-electron chi connectivity index (χ2n) is 1.23. The molecule has 0 amide bonds. The molecule has 1 heterocycles. The maximum absolute atomic E-state index is 5.09. The summed E-state index contributed by atoms with van der Waals surface area (Å²) in [6, 6.07) is 4.42. The van der Waals surface area contributed by atoms with E-state index in [-0.39, 0.29) is 32.7 Å². The maximum atomic E-state index is 5.09. The quantitative estimate of drug-likeness (QED) is 0.614. The first-order chi connectivity index (χ1) is 3.93. The van der Waals surface area contributed by atoms with Gasteiger partial charge in [0.1, 0.15) is 0 Å². The van der Waals surface area contributed by atoms with Gasteiger partial charge in [0.25, 0.3) is 0 Å². The predicted molar refractivity (Wildman–Crippen MR) is 29.6 cm³/mol. The van der Waals surface area contributed by atoms with Crippen molar-refractivity contribution in [2.24, 2.45) is 0 Å². The molecule has 1 aromatic heterocycles. The monoisotopic (exact) mass is 193 g/mol. The maximum Gasteiger partial charge on any atom is 0 e. The minimum Gasteiger partial charge on any atom is -0.359 e. The third-order valence-electron chi connectivity index (χ3n) is 0.696. The summed E-state index contributed by atoms with van der Waals surface area (Å²) in [6.45, 7) is 5.09. The van der Waals surface area contributed by atoms with E-state index in [0.29, 0.717) is 5.69 Å². The molecule has 0 atom stereocenters. The number of rotatable bonds is 1. The van der Waals surface area contributed by atoms with Crippen molar-refractivity contribution >= 4 is 6.08 Å². The first-order valence-electron chi connectivity index (χ1n) is 2.18. The fourth-order valence-electron chi connectivity index (χ4n) is 0.362. The topological polar surface area (TPSA) is 25.8 Å². The van der Waals surface area contributed by atoms with Gasteiger partial charge < -0.3 is 12.7 Å². The molecule has 1 radical (unpaired) electrons. The van der Waals surface area contributed by atoms with E-state index in [0.717, 1.165) is 0 Å². The SMILES string of the molecule is [CH-]=Cc1[c-]ccnn1.[Y]. The summed E-state index contributed by atoms with van der Waals surface area (Å²) >= 11 is 0. The van der Waals surface area contributed by atoms with E-state index in [1.54, 1.807) is 12.3 Å². The fraction of sp³-hybridized carbons (Fsp3) is 0. The van der Waals surface area contributed by atoms with Gasteiger partial charge in [0.05, 0.1) is 0 Å². The smallest absolute Gasteiger partial charge is 0 e. The molecular weight excluding hydrogens is 189 g/mol. The molecular formula is C6H4N2Y-2. The summed E-state index contributed by atoms with van der Waals surface area (Å²) in [7, 11) is 0. The number of aromatic nitrogens is 2. The van der Waals surface area contributed by atoms with Crippen molar-refractivity contribution in [3.05, 3.63) is 30.6 Å². The van der Waals surface area contributed by atoms with Crippen molar-refractivity contribution in [3.8, 4) is 0 Å². The molecule has 0 bridgehead atoms. The Bertz CT molecular complexity index is 174. The Morgan fingerprint density at radius 2 is 2.44 bits per heavy atom. The molecule has 1 aromatic rings. The van der Waals surface area contributed by atoms with E-state index in [9.17, 15) is 0 Å². The average molecular weight is 193 g/mol. The first kappa shape index (κ1) is 8.92. The summed E-state index contributed by atoms with van der Waals surface area (Å²) in [5, 5.41) is 7.17. The minimum atomic E-state index is 0. The van der Waals surface area contributed by atoms with Gasteiger partial charge in [-0.2, -0.15) is 11.8 Å². The van der Waals surface area contributed by atoms with Crippen LogP contribution < -0.4 is 0 Å². The standard InChI is InChI=1S/C6H4N2.Y/c1-2-6-4-3-5-7-8-6;/h1-3,5H;/q-2;. The average Bonchev–Trinajstić information content (AvgIpc) is 1.90. The van der Waals surface area contributed by atoms with Gasteiger partial charge >= 0.3 is 0 Å². The van der Waals surface area contributed by atoms with Crippen LogP contribution in [0.25, 0.3) is 6.08 Å².